The topological polar surface area (TPSA) is 32.3 Å². The summed E-state index contributed by atoms with van der Waals surface area (Å²) >= 11 is 0. The number of rotatable bonds is 19. The van der Waals surface area contributed by atoms with Crippen molar-refractivity contribution in [1.29, 1.82) is 0 Å². The quantitative estimate of drug-likeness (QED) is 0.0930. The molecule has 2 atom stereocenters. The van der Waals surface area contributed by atoms with E-state index in [-0.39, 0.29) is 11.8 Å². The molecule has 2 unspecified atom stereocenters. The molecule has 190 valence electrons. The van der Waals surface area contributed by atoms with Gasteiger partial charge in [-0.15, -0.1) is 18.9 Å². The van der Waals surface area contributed by atoms with Gasteiger partial charge in [-0.1, -0.05) is 76.8 Å². The molecule has 1 amide bonds. The van der Waals surface area contributed by atoms with Crippen LogP contribution in [0.25, 0.3) is 0 Å². The Balaban J connectivity index is 0. The fourth-order valence-electron chi connectivity index (χ4n) is 3.76. The molecular formula is C30H54N2O. The Morgan fingerprint density at radius 3 is 2.27 bits per heavy atom. The molecule has 0 spiro atoms. The minimum Gasteiger partial charge on any atom is -0.356 e. The molecule has 0 bridgehead atoms. The number of unbranched alkanes of at least 4 members (excludes halogenated alkanes) is 7. The van der Waals surface area contributed by atoms with Gasteiger partial charge in [-0.25, -0.2) is 0 Å². The summed E-state index contributed by atoms with van der Waals surface area (Å²) in [7, 11) is 4.25. The van der Waals surface area contributed by atoms with Crippen molar-refractivity contribution in [2.75, 3.05) is 20.6 Å². The highest BCUT2D eigenvalue weighted by Crippen LogP contribution is 2.18. The van der Waals surface area contributed by atoms with Gasteiger partial charge in [0.1, 0.15) is 0 Å². The van der Waals surface area contributed by atoms with Crippen LogP contribution in [0.5, 0.6) is 0 Å². The van der Waals surface area contributed by atoms with E-state index in [9.17, 15) is 4.79 Å². The van der Waals surface area contributed by atoms with Crippen molar-refractivity contribution in [3.05, 3.63) is 37.0 Å². The maximum atomic E-state index is 12.1. The van der Waals surface area contributed by atoms with Gasteiger partial charge in [0.2, 0.25) is 5.91 Å². The van der Waals surface area contributed by atoms with Crippen LogP contribution in [-0.2, 0) is 4.79 Å². The molecule has 0 saturated carbocycles. The Hall–Kier alpha value is -1.79. The zero-order valence-corrected chi connectivity index (χ0v) is 22.6. The number of allylic oxidation sites excluding steroid dienone is 3. The lowest BCUT2D eigenvalue weighted by atomic mass is 9.97. The fourth-order valence-corrected chi connectivity index (χ4v) is 3.76. The molecule has 3 heteroatoms. The van der Waals surface area contributed by atoms with E-state index in [1.807, 2.05) is 19.1 Å². The van der Waals surface area contributed by atoms with E-state index in [1.165, 1.54) is 37.7 Å². The Morgan fingerprint density at radius 1 is 1.03 bits per heavy atom. The van der Waals surface area contributed by atoms with Crippen LogP contribution in [0, 0.1) is 18.3 Å². The first kappa shape index (κ1) is 33.4. The molecule has 3 nitrogen and oxygen atoms in total. The number of carbonyl (C=O) groups is 1. The molecule has 1 N–H and O–H groups in total. The Kier molecular flexibility index (Phi) is 25.1. The van der Waals surface area contributed by atoms with Crippen LogP contribution in [0.4, 0.5) is 0 Å². The average molecular weight is 459 g/mol. The minimum absolute atomic E-state index is 0.0783. The van der Waals surface area contributed by atoms with Crippen LogP contribution in [0.15, 0.2) is 37.0 Å². The van der Waals surface area contributed by atoms with Gasteiger partial charge in [0.05, 0.1) is 0 Å². The second kappa shape index (κ2) is 24.8. The zero-order valence-electron chi connectivity index (χ0n) is 22.6. The zero-order chi connectivity index (χ0) is 25.3. The van der Waals surface area contributed by atoms with Gasteiger partial charge in [0.15, 0.2) is 0 Å². The number of hydrogen-bond acceptors (Lipinski definition) is 2. The second-order valence-corrected chi connectivity index (χ2v) is 9.09. The van der Waals surface area contributed by atoms with Crippen LogP contribution in [0.1, 0.15) is 104 Å². The first-order chi connectivity index (χ1) is 15.9. The Bertz CT molecular complexity index is 556. The van der Waals surface area contributed by atoms with Gasteiger partial charge in [0, 0.05) is 24.9 Å². The van der Waals surface area contributed by atoms with Gasteiger partial charge >= 0.3 is 0 Å². The number of amides is 1. The highest BCUT2D eigenvalue weighted by atomic mass is 16.1. The van der Waals surface area contributed by atoms with Gasteiger partial charge in [-0.2, -0.15) is 0 Å². The molecule has 0 radical (unpaired) electrons. The molecule has 0 aromatic heterocycles. The van der Waals surface area contributed by atoms with E-state index >= 15 is 0 Å². The third-order valence-electron chi connectivity index (χ3n) is 5.91. The van der Waals surface area contributed by atoms with Gasteiger partial charge in [0.25, 0.3) is 0 Å². The molecule has 0 aliphatic carbocycles. The SMILES string of the molecule is C#CCCCCC(C)C(=O)NCCCCC(/C(=C\C=C)CC)N(C)C.C=CCCCCCC. The maximum absolute atomic E-state index is 12.1. The summed E-state index contributed by atoms with van der Waals surface area (Å²) in [6.45, 7) is 14.7. The van der Waals surface area contributed by atoms with E-state index < -0.39 is 0 Å². The van der Waals surface area contributed by atoms with Crippen LogP contribution in [0.2, 0.25) is 0 Å². The normalized spacial score (nSPS) is 12.8. The van der Waals surface area contributed by atoms with E-state index in [0.29, 0.717) is 6.04 Å². The summed E-state index contributed by atoms with van der Waals surface area (Å²) < 4.78 is 0. The van der Waals surface area contributed by atoms with Gasteiger partial charge in [-0.05, 0) is 65.5 Å². The monoisotopic (exact) mass is 458 g/mol. The van der Waals surface area contributed by atoms with E-state index in [4.69, 9.17) is 6.42 Å². The average Bonchev–Trinajstić information content (AvgIpc) is 2.80. The van der Waals surface area contributed by atoms with Crippen LogP contribution in [0.3, 0.4) is 0 Å². The molecule has 0 aliphatic heterocycles. The predicted octanol–water partition coefficient (Wildman–Crippen LogP) is 7.70. The molecule has 0 heterocycles. The highest BCUT2D eigenvalue weighted by Gasteiger charge is 2.15. The molecule has 0 rings (SSSR count). The summed E-state index contributed by atoms with van der Waals surface area (Å²) in [6, 6.07) is 0.453. The molecule has 0 aromatic carbocycles. The van der Waals surface area contributed by atoms with Crippen LogP contribution < -0.4 is 5.32 Å². The van der Waals surface area contributed by atoms with Crippen molar-refractivity contribution in [3.63, 3.8) is 0 Å². The lowest BCUT2D eigenvalue weighted by Crippen LogP contribution is -2.31. The number of terminal acetylenes is 1. The van der Waals surface area contributed by atoms with Crippen LogP contribution >= 0.6 is 0 Å². The lowest BCUT2D eigenvalue weighted by molar-refractivity contribution is -0.124. The molecule has 33 heavy (non-hydrogen) atoms. The summed E-state index contributed by atoms with van der Waals surface area (Å²) in [5, 5.41) is 3.07. The smallest absolute Gasteiger partial charge is 0.222 e. The standard InChI is InChI=1S/C22H38N2O.C8H16/c1-7-10-11-12-16-19(4)22(25)23-18-14-13-17-21(24(5)6)20(9-3)15-8-2;1-3-5-7-8-6-4-2/h1,8,15,19,21H,2,9-14,16-18H2,3-6H3,(H,23,25);3H,1,4-8H2,2H3/b20-15-;. The largest absolute Gasteiger partial charge is 0.356 e. The first-order valence-electron chi connectivity index (χ1n) is 13.2. The summed E-state index contributed by atoms with van der Waals surface area (Å²) in [5.74, 6) is 2.89. The second-order valence-electron chi connectivity index (χ2n) is 9.09. The molecule has 0 aromatic rings. The lowest BCUT2D eigenvalue weighted by Gasteiger charge is -2.26. The number of nitrogens with zero attached hydrogens (tertiary/aromatic N) is 1. The van der Waals surface area contributed by atoms with E-state index in [1.54, 1.807) is 0 Å². The Morgan fingerprint density at radius 2 is 1.73 bits per heavy atom. The Labute approximate surface area is 207 Å². The van der Waals surface area contributed by atoms with Crippen molar-refractivity contribution in [3.8, 4) is 12.3 Å². The van der Waals surface area contributed by atoms with Crippen molar-refractivity contribution in [2.24, 2.45) is 5.92 Å². The fraction of sp³-hybridized carbons (Fsp3) is 0.700. The molecule has 0 aliphatic rings. The highest BCUT2D eigenvalue weighted by molar-refractivity contribution is 5.78. The predicted molar refractivity (Wildman–Crippen MR) is 148 cm³/mol. The van der Waals surface area contributed by atoms with Crippen molar-refractivity contribution >= 4 is 5.91 Å². The number of hydrogen-bond donors (Lipinski definition) is 1. The van der Waals surface area contributed by atoms with E-state index in [2.05, 4.69) is 63.3 Å². The van der Waals surface area contributed by atoms with Crippen molar-refractivity contribution in [1.82, 2.24) is 10.2 Å². The maximum Gasteiger partial charge on any atom is 0.222 e. The summed E-state index contributed by atoms with van der Waals surface area (Å²) in [4.78, 5) is 14.3. The minimum atomic E-state index is 0.0783. The van der Waals surface area contributed by atoms with Crippen molar-refractivity contribution < 1.29 is 4.79 Å². The third kappa shape index (κ3) is 20.5. The molecule has 0 saturated heterocycles. The third-order valence-corrected chi connectivity index (χ3v) is 5.91. The van der Waals surface area contributed by atoms with Gasteiger partial charge < -0.3 is 10.2 Å². The number of nitrogens with one attached hydrogen (secondary N) is 1. The first-order valence-corrected chi connectivity index (χ1v) is 13.2. The van der Waals surface area contributed by atoms with Crippen LogP contribution in [-0.4, -0.2) is 37.5 Å². The van der Waals surface area contributed by atoms with Crippen molar-refractivity contribution in [2.45, 2.75) is 110 Å². The summed E-state index contributed by atoms with van der Waals surface area (Å²) in [6.07, 6.45) is 25.9. The van der Waals surface area contributed by atoms with E-state index in [0.717, 1.165) is 57.9 Å². The molecular weight excluding hydrogens is 404 g/mol. The van der Waals surface area contributed by atoms with Gasteiger partial charge in [-0.3, -0.25) is 4.79 Å². The number of likely N-dealkylation sites (N-methyl/N-ethyl adjacent to an activating group) is 1. The number of carbonyl (C=O) groups excluding carboxylic acids is 1. The molecule has 0 fully saturated rings. The summed E-state index contributed by atoms with van der Waals surface area (Å²) in [5.41, 5.74) is 1.42.